The number of quaternary nitrogens is 1. The van der Waals surface area contributed by atoms with Gasteiger partial charge in [-0.05, 0) is 23.8 Å². The molecule has 1 N–H and O–H groups in total. The maximum atomic E-state index is 5.46. The second-order valence-corrected chi connectivity index (χ2v) is 8.86. The first kappa shape index (κ1) is 19.5. The minimum atomic E-state index is 0.917. The van der Waals surface area contributed by atoms with Crippen molar-refractivity contribution in [1.82, 2.24) is 0 Å². The highest BCUT2D eigenvalue weighted by atomic mass is 32.2. The van der Waals surface area contributed by atoms with E-state index in [1.54, 1.807) is 4.90 Å². The summed E-state index contributed by atoms with van der Waals surface area (Å²) in [5, 5.41) is 1.29. The predicted molar refractivity (Wildman–Crippen MR) is 116 cm³/mol. The highest BCUT2D eigenvalue weighted by Crippen LogP contribution is 2.45. The van der Waals surface area contributed by atoms with E-state index in [1.165, 1.54) is 45.5 Å². The molecule has 4 nitrogen and oxygen atoms in total. The van der Waals surface area contributed by atoms with Gasteiger partial charge in [0.05, 0.1) is 36.9 Å². The van der Waals surface area contributed by atoms with Crippen molar-refractivity contribution >= 4 is 23.5 Å². The van der Waals surface area contributed by atoms with Gasteiger partial charge in [0.25, 0.3) is 0 Å². The molecule has 5 heteroatoms. The quantitative estimate of drug-likeness (QED) is 0.783. The molecule has 0 atom stereocenters. The van der Waals surface area contributed by atoms with E-state index in [2.05, 4.69) is 72.8 Å². The molecule has 0 amide bonds. The smallest absolute Gasteiger partial charge is 0.179 e. The summed E-state index contributed by atoms with van der Waals surface area (Å²) in [6, 6.07) is 13.2. The van der Waals surface area contributed by atoms with Crippen molar-refractivity contribution in [2.45, 2.75) is 31.7 Å². The number of aromatic nitrogens is 1. The molecule has 1 saturated heterocycles. The van der Waals surface area contributed by atoms with Crippen molar-refractivity contribution in [2.24, 2.45) is 0 Å². The van der Waals surface area contributed by atoms with Gasteiger partial charge in [-0.1, -0.05) is 23.9 Å². The molecule has 4 rings (SSSR count). The summed E-state index contributed by atoms with van der Waals surface area (Å²) in [5.41, 5.74) is 5.26. The number of anilines is 1. The zero-order valence-electron chi connectivity index (χ0n) is 17.2. The van der Waals surface area contributed by atoms with Crippen LogP contribution in [-0.4, -0.2) is 39.9 Å². The van der Waals surface area contributed by atoms with Crippen LogP contribution in [0.25, 0.3) is 6.08 Å². The highest BCUT2D eigenvalue weighted by molar-refractivity contribution is 8.03. The zero-order chi connectivity index (χ0) is 19.5. The lowest BCUT2D eigenvalue weighted by Gasteiger charge is -2.23. The third-order valence-corrected chi connectivity index (χ3v) is 6.94. The Balaban J connectivity index is 1.44. The first-order valence-corrected chi connectivity index (χ1v) is 11.1. The van der Waals surface area contributed by atoms with Crippen LogP contribution in [0, 0.1) is 13.8 Å². The fourth-order valence-corrected chi connectivity index (χ4v) is 5.29. The van der Waals surface area contributed by atoms with Crippen molar-refractivity contribution in [3.63, 3.8) is 0 Å². The number of nitrogens with one attached hydrogen (secondary N) is 1. The number of aryl methyl sites for hydroxylation is 2. The number of morpholine rings is 1. The Bertz CT molecular complexity index is 851. The Labute approximate surface area is 172 Å². The SMILES string of the molecule is Cc1cc(C=C2Sc3ccccc3N2C)cc(C)[n+]1CCC[NH+]1CCOCC1. The van der Waals surface area contributed by atoms with E-state index < -0.39 is 0 Å². The van der Waals surface area contributed by atoms with Crippen molar-refractivity contribution in [3.8, 4) is 0 Å². The fourth-order valence-electron chi connectivity index (χ4n) is 4.18. The van der Waals surface area contributed by atoms with Crippen molar-refractivity contribution in [3.05, 3.63) is 58.4 Å². The molecule has 1 aromatic carbocycles. The van der Waals surface area contributed by atoms with Gasteiger partial charge in [-0.3, -0.25) is 0 Å². The van der Waals surface area contributed by atoms with Crippen molar-refractivity contribution in [1.29, 1.82) is 0 Å². The summed E-state index contributed by atoms with van der Waals surface area (Å²) < 4.78 is 7.92. The average Bonchev–Trinajstić information content (AvgIpc) is 3.01. The van der Waals surface area contributed by atoms with Crippen LogP contribution in [0.4, 0.5) is 5.69 Å². The summed E-state index contributed by atoms with van der Waals surface area (Å²) in [4.78, 5) is 5.31. The van der Waals surface area contributed by atoms with E-state index in [4.69, 9.17) is 4.74 Å². The number of hydrogen-bond donors (Lipinski definition) is 1. The van der Waals surface area contributed by atoms with E-state index in [1.807, 2.05) is 11.8 Å². The molecule has 0 spiro atoms. The third-order valence-electron chi connectivity index (χ3n) is 5.78. The van der Waals surface area contributed by atoms with Crippen molar-refractivity contribution in [2.75, 3.05) is 44.8 Å². The van der Waals surface area contributed by atoms with E-state index >= 15 is 0 Å². The maximum absolute atomic E-state index is 5.46. The van der Waals surface area contributed by atoms with Crippen LogP contribution in [0.1, 0.15) is 23.4 Å². The number of para-hydroxylation sites is 1. The second-order valence-electron chi connectivity index (χ2n) is 7.80. The van der Waals surface area contributed by atoms with Gasteiger partial charge < -0.3 is 14.5 Å². The number of benzene rings is 1. The fraction of sp³-hybridized carbons (Fsp3) is 0.435. The molecule has 0 aliphatic carbocycles. The lowest BCUT2D eigenvalue weighted by molar-refractivity contribution is -0.910. The Morgan fingerprint density at radius 2 is 1.86 bits per heavy atom. The minimum Gasteiger partial charge on any atom is -0.370 e. The molecule has 28 heavy (non-hydrogen) atoms. The summed E-state index contributed by atoms with van der Waals surface area (Å²) in [7, 11) is 2.15. The topological polar surface area (TPSA) is 20.8 Å². The van der Waals surface area contributed by atoms with Gasteiger partial charge >= 0.3 is 0 Å². The van der Waals surface area contributed by atoms with Gasteiger partial charge in [0.15, 0.2) is 17.9 Å². The number of pyridine rings is 1. The lowest BCUT2D eigenvalue weighted by Crippen LogP contribution is -3.14. The Morgan fingerprint density at radius 3 is 2.57 bits per heavy atom. The molecule has 0 radical (unpaired) electrons. The van der Waals surface area contributed by atoms with E-state index in [-0.39, 0.29) is 0 Å². The maximum Gasteiger partial charge on any atom is 0.179 e. The van der Waals surface area contributed by atoms with Crippen LogP contribution in [0.2, 0.25) is 0 Å². The molecule has 1 fully saturated rings. The number of fused-ring (bicyclic) bond motifs is 1. The monoisotopic (exact) mass is 397 g/mol. The average molecular weight is 398 g/mol. The molecule has 0 bridgehead atoms. The minimum absolute atomic E-state index is 0.917. The van der Waals surface area contributed by atoms with Crippen LogP contribution in [-0.2, 0) is 11.3 Å². The third kappa shape index (κ3) is 4.27. The summed E-state index contributed by atoms with van der Waals surface area (Å²) in [6.07, 6.45) is 3.53. The summed E-state index contributed by atoms with van der Waals surface area (Å²) in [6.45, 7) is 10.9. The lowest BCUT2D eigenvalue weighted by atomic mass is 10.1. The van der Waals surface area contributed by atoms with Gasteiger partial charge in [0, 0.05) is 37.9 Å². The van der Waals surface area contributed by atoms with Gasteiger partial charge in [0.1, 0.15) is 13.1 Å². The highest BCUT2D eigenvalue weighted by Gasteiger charge is 2.22. The van der Waals surface area contributed by atoms with Crippen LogP contribution >= 0.6 is 11.8 Å². The standard InChI is InChI=1S/C23H30N3OS/c1-18-15-20(17-23-24(3)21-7-4-5-8-22(21)28-23)16-19(2)26(18)10-6-9-25-11-13-27-14-12-25/h4-5,7-8,15-17H,6,9-14H2,1-3H3/q+1/p+1. The zero-order valence-corrected chi connectivity index (χ0v) is 18.0. The molecule has 1 aromatic heterocycles. The number of ether oxygens (including phenoxy) is 1. The summed E-state index contributed by atoms with van der Waals surface area (Å²) >= 11 is 1.85. The van der Waals surface area contributed by atoms with Crippen LogP contribution in [0.5, 0.6) is 0 Å². The normalized spacial score (nSPS) is 18.7. The van der Waals surface area contributed by atoms with E-state index in [0.29, 0.717) is 0 Å². The predicted octanol–water partition coefficient (Wildman–Crippen LogP) is 2.44. The number of rotatable bonds is 5. The number of nitrogens with zero attached hydrogens (tertiary/aromatic N) is 2. The Kier molecular flexibility index (Phi) is 6.04. The first-order valence-electron chi connectivity index (χ1n) is 10.3. The second kappa shape index (κ2) is 8.68. The number of hydrogen-bond acceptors (Lipinski definition) is 3. The van der Waals surface area contributed by atoms with Crippen LogP contribution in [0.15, 0.2) is 46.3 Å². The van der Waals surface area contributed by atoms with Gasteiger partial charge in [-0.25, -0.2) is 4.57 Å². The van der Waals surface area contributed by atoms with E-state index in [9.17, 15) is 0 Å². The molecule has 2 aliphatic rings. The first-order chi connectivity index (χ1) is 13.6. The van der Waals surface area contributed by atoms with Gasteiger partial charge in [-0.2, -0.15) is 0 Å². The molecular weight excluding hydrogens is 366 g/mol. The van der Waals surface area contributed by atoms with Crippen molar-refractivity contribution < 1.29 is 14.2 Å². The van der Waals surface area contributed by atoms with Gasteiger partial charge in [0.2, 0.25) is 0 Å². The molecule has 0 saturated carbocycles. The molecule has 0 unspecified atom stereocenters. The molecular formula is C23H31N3OS+2. The molecule has 3 heterocycles. The molecule has 148 valence electrons. The largest absolute Gasteiger partial charge is 0.370 e. The van der Waals surface area contributed by atoms with Crippen LogP contribution < -0.4 is 14.4 Å². The van der Waals surface area contributed by atoms with E-state index in [0.717, 1.165) is 32.8 Å². The van der Waals surface area contributed by atoms with Crippen LogP contribution in [0.3, 0.4) is 0 Å². The van der Waals surface area contributed by atoms with Gasteiger partial charge in [-0.15, -0.1) is 0 Å². The summed E-state index contributed by atoms with van der Waals surface area (Å²) in [5.74, 6) is 0. The number of thioether (sulfide) groups is 1. The molecule has 2 aliphatic heterocycles. The Hall–Kier alpha value is -1.82. The Morgan fingerprint density at radius 1 is 1.14 bits per heavy atom. The molecule has 2 aromatic rings.